The molecule has 2 N–H and O–H groups in total. The van der Waals surface area contributed by atoms with Gasteiger partial charge in [0.05, 0.1) is 6.54 Å². The molecule has 0 amide bonds. The normalized spacial score (nSPS) is 11.7. The number of nitrogens with one attached hydrogen (secondary N) is 2. The van der Waals surface area contributed by atoms with Gasteiger partial charge in [0.15, 0.2) is 11.6 Å². The van der Waals surface area contributed by atoms with Crippen LogP contribution in [-0.4, -0.2) is 33.6 Å². The van der Waals surface area contributed by atoms with E-state index < -0.39 is 0 Å². The zero-order valence-electron chi connectivity index (χ0n) is 14.1. The zero-order chi connectivity index (χ0) is 17.5. The van der Waals surface area contributed by atoms with Crippen LogP contribution < -0.4 is 10.6 Å². The molecule has 6 nitrogen and oxygen atoms in total. The van der Waals surface area contributed by atoms with Crippen molar-refractivity contribution >= 4 is 23.2 Å². The van der Waals surface area contributed by atoms with Crippen molar-refractivity contribution in [2.45, 2.75) is 19.9 Å². The van der Waals surface area contributed by atoms with Crippen molar-refractivity contribution in [1.29, 1.82) is 0 Å². The van der Waals surface area contributed by atoms with Crippen LogP contribution in [0, 0.1) is 0 Å². The molecule has 25 heavy (non-hydrogen) atoms. The summed E-state index contributed by atoms with van der Waals surface area (Å²) < 4.78 is 2.00. The van der Waals surface area contributed by atoms with Gasteiger partial charge in [-0.05, 0) is 30.7 Å². The Kier molecular flexibility index (Phi) is 5.85. The second kappa shape index (κ2) is 8.48. The molecule has 0 saturated heterocycles. The van der Waals surface area contributed by atoms with E-state index in [2.05, 4.69) is 25.8 Å². The fourth-order valence-electron chi connectivity index (χ4n) is 2.49. The molecular formula is C18H21ClN6. The Morgan fingerprint density at radius 2 is 1.96 bits per heavy atom. The molecule has 0 radical (unpaired) electrons. The molecule has 2 aromatic heterocycles. The molecule has 3 rings (SSSR count). The predicted octanol–water partition coefficient (Wildman–Crippen LogP) is 2.68. The molecule has 0 aliphatic heterocycles. The van der Waals surface area contributed by atoms with Crippen molar-refractivity contribution in [2.24, 2.45) is 4.99 Å². The van der Waals surface area contributed by atoms with Crippen LogP contribution in [0.2, 0.25) is 5.02 Å². The monoisotopic (exact) mass is 356 g/mol. The average molecular weight is 357 g/mol. The van der Waals surface area contributed by atoms with Gasteiger partial charge >= 0.3 is 0 Å². The largest absolute Gasteiger partial charge is 0.357 e. The van der Waals surface area contributed by atoms with E-state index in [9.17, 15) is 0 Å². The Labute approximate surface area is 152 Å². The predicted molar refractivity (Wildman–Crippen MR) is 101 cm³/mol. The number of rotatable bonds is 6. The Morgan fingerprint density at radius 1 is 1.12 bits per heavy atom. The molecule has 0 aliphatic carbocycles. The smallest absolute Gasteiger partial charge is 0.191 e. The van der Waals surface area contributed by atoms with Crippen LogP contribution in [0.4, 0.5) is 0 Å². The summed E-state index contributed by atoms with van der Waals surface area (Å²) >= 11 is 6.18. The number of hydrogen-bond donors (Lipinski definition) is 2. The van der Waals surface area contributed by atoms with E-state index >= 15 is 0 Å². The minimum absolute atomic E-state index is 0.531. The highest BCUT2D eigenvalue weighted by atomic mass is 35.5. The van der Waals surface area contributed by atoms with E-state index in [0.717, 1.165) is 41.0 Å². The molecular weight excluding hydrogens is 336 g/mol. The molecule has 0 saturated carbocycles. The number of hydrogen-bond acceptors (Lipinski definition) is 3. The molecule has 7 heteroatoms. The first-order chi connectivity index (χ1) is 12.3. The summed E-state index contributed by atoms with van der Waals surface area (Å²) in [6.07, 6.45) is 2.73. The SMILES string of the molecule is CCNC(=NCc1ccccc1Cl)NCCc1nnc2ccccn12. The maximum atomic E-state index is 6.18. The molecule has 0 fully saturated rings. The number of nitrogens with zero attached hydrogens (tertiary/aromatic N) is 4. The average Bonchev–Trinajstić information content (AvgIpc) is 3.04. The van der Waals surface area contributed by atoms with E-state index in [0.29, 0.717) is 13.1 Å². The van der Waals surface area contributed by atoms with Crippen molar-refractivity contribution in [3.05, 3.63) is 65.1 Å². The maximum absolute atomic E-state index is 6.18. The van der Waals surface area contributed by atoms with Gasteiger partial charge in [0.2, 0.25) is 0 Å². The van der Waals surface area contributed by atoms with Crippen LogP contribution in [0.15, 0.2) is 53.7 Å². The van der Waals surface area contributed by atoms with Crippen LogP contribution in [0.1, 0.15) is 18.3 Å². The number of fused-ring (bicyclic) bond motifs is 1. The minimum atomic E-state index is 0.531. The summed E-state index contributed by atoms with van der Waals surface area (Å²) in [5.74, 6) is 1.68. The van der Waals surface area contributed by atoms with Crippen LogP contribution in [0.3, 0.4) is 0 Å². The second-order valence-electron chi connectivity index (χ2n) is 5.51. The molecule has 2 heterocycles. The van der Waals surface area contributed by atoms with E-state index in [4.69, 9.17) is 11.6 Å². The van der Waals surface area contributed by atoms with Gasteiger partial charge in [0.25, 0.3) is 0 Å². The summed E-state index contributed by atoms with van der Waals surface area (Å²) in [6, 6.07) is 13.6. The zero-order valence-corrected chi connectivity index (χ0v) is 14.9. The highest BCUT2D eigenvalue weighted by Gasteiger charge is 2.05. The van der Waals surface area contributed by atoms with Crippen molar-refractivity contribution < 1.29 is 0 Å². The van der Waals surface area contributed by atoms with Crippen LogP contribution in [-0.2, 0) is 13.0 Å². The summed E-state index contributed by atoms with van der Waals surface area (Å²) in [7, 11) is 0. The van der Waals surface area contributed by atoms with Crippen LogP contribution in [0.5, 0.6) is 0 Å². The first-order valence-electron chi connectivity index (χ1n) is 8.32. The standard InChI is InChI=1S/C18H21ClN6/c1-2-20-18(22-13-14-7-3-4-8-15(14)19)21-11-10-17-24-23-16-9-5-6-12-25(16)17/h3-9,12H,2,10-11,13H2,1H3,(H2,20,21,22). The van der Waals surface area contributed by atoms with Gasteiger partial charge in [0.1, 0.15) is 5.82 Å². The van der Waals surface area contributed by atoms with E-state index in [1.165, 1.54) is 0 Å². The van der Waals surface area contributed by atoms with E-state index in [1.54, 1.807) is 0 Å². The lowest BCUT2D eigenvalue weighted by atomic mass is 10.2. The fraction of sp³-hybridized carbons (Fsp3) is 0.278. The molecule has 0 spiro atoms. The lowest BCUT2D eigenvalue weighted by Gasteiger charge is -2.11. The van der Waals surface area contributed by atoms with Gasteiger partial charge in [-0.3, -0.25) is 4.40 Å². The summed E-state index contributed by atoms with van der Waals surface area (Å²) in [5, 5.41) is 15.7. The maximum Gasteiger partial charge on any atom is 0.191 e. The van der Waals surface area contributed by atoms with Gasteiger partial charge in [-0.25, -0.2) is 4.99 Å². The van der Waals surface area contributed by atoms with E-state index in [-0.39, 0.29) is 0 Å². The Balaban J connectivity index is 1.60. The topological polar surface area (TPSA) is 66.6 Å². The van der Waals surface area contributed by atoms with Crippen molar-refractivity contribution in [3.8, 4) is 0 Å². The first-order valence-corrected chi connectivity index (χ1v) is 8.70. The van der Waals surface area contributed by atoms with Crippen LogP contribution >= 0.6 is 11.6 Å². The molecule has 0 bridgehead atoms. The Hall–Kier alpha value is -2.60. The molecule has 0 atom stereocenters. The third kappa shape index (κ3) is 4.48. The second-order valence-corrected chi connectivity index (χ2v) is 5.92. The lowest BCUT2D eigenvalue weighted by molar-refractivity contribution is 0.763. The Bertz CT molecular complexity index is 857. The molecule has 130 valence electrons. The highest BCUT2D eigenvalue weighted by Crippen LogP contribution is 2.15. The highest BCUT2D eigenvalue weighted by molar-refractivity contribution is 6.31. The molecule has 0 unspecified atom stereocenters. The van der Waals surface area contributed by atoms with Gasteiger partial charge in [-0.1, -0.05) is 35.9 Å². The third-order valence-corrected chi connectivity index (χ3v) is 4.10. The van der Waals surface area contributed by atoms with Crippen LogP contribution in [0.25, 0.3) is 5.65 Å². The molecule has 0 aliphatic rings. The lowest BCUT2D eigenvalue weighted by Crippen LogP contribution is -2.38. The molecule has 3 aromatic rings. The number of guanidine groups is 1. The van der Waals surface area contributed by atoms with Gasteiger partial charge in [0, 0.05) is 30.7 Å². The van der Waals surface area contributed by atoms with Crippen molar-refractivity contribution in [1.82, 2.24) is 25.2 Å². The van der Waals surface area contributed by atoms with E-state index in [1.807, 2.05) is 60.0 Å². The van der Waals surface area contributed by atoms with Gasteiger partial charge in [-0.15, -0.1) is 10.2 Å². The number of benzene rings is 1. The van der Waals surface area contributed by atoms with Gasteiger partial charge < -0.3 is 10.6 Å². The number of aromatic nitrogens is 3. The number of aliphatic imine (C=N–C) groups is 1. The summed E-state index contributed by atoms with van der Waals surface area (Å²) in [4.78, 5) is 4.59. The summed E-state index contributed by atoms with van der Waals surface area (Å²) in [5.41, 5.74) is 1.86. The Morgan fingerprint density at radius 3 is 2.80 bits per heavy atom. The minimum Gasteiger partial charge on any atom is -0.357 e. The number of halogens is 1. The fourth-order valence-corrected chi connectivity index (χ4v) is 2.68. The van der Waals surface area contributed by atoms with Crippen molar-refractivity contribution in [2.75, 3.05) is 13.1 Å². The third-order valence-electron chi connectivity index (χ3n) is 3.73. The first kappa shape index (κ1) is 17.2. The summed E-state index contributed by atoms with van der Waals surface area (Å²) in [6.45, 7) is 4.08. The number of pyridine rings is 1. The molecule has 1 aromatic carbocycles. The quantitative estimate of drug-likeness (QED) is 0.526. The van der Waals surface area contributed by atoms with Gasteiger partial charge in [-0.2, -0.15) is 0 Å². The van der Waals surface area contributed by atoms with Crippen molar-refractivity contribution in [3.63, 3.8) is 0 Å².